The summed E-state index contributed by atoms with van der Waals surface area (Å²) >= 11 is 6.24. The Morgan fingerprint density at radius 3 is 2.74 bits per heavy atom. The molecule has 1 aliphatic rings. The van der Waals surface area contributed by atoms with Gasteiger partial charge in [-0.3, -0.25) is 9.69 Å². The standard InChI is InChI=1S/C20H26ClN3O3/c1-14(2)11-15(24-7-9-26-10-8-24)12-22-20(25)18-19(27-13-23-18)16-5-3-4-6-17(16)21/h3-6,13-15H,7-12H2,1-2H3,(H,22,25). The van der Waals surface area contributed by atoms with Crippen LogP contribution in [0.2, 0.25) is 5.02 Å². The van der Waals surface area contributed by atoms with E-state index in [9.17, 15) is 4.79 Å². The Morgan fingerprint density at radius 2 is 2.04 bits per heavy atom. The number of morpholine rings is 1. The summed E-state index contributed by atoms with van der Waals surface area (Å²) in [6.45, 7) is 8.21. The van der Waals surface area contributed by atoms with Crippen molar-refractivity contribution in [1.29, 1.82) is 0 Å². The smallest absolute Gasteiger partial charge is 0.273 e. The molecule has 2 aromatic rings. The van der Waals surface area contributed by atoms with Crippen molar-refractivity contribution in [3.05, 3.63) is 41.4 Å². The number of aromatic nitrogens is 1. The molecule has 1 aromatic carbocycles. The third kappa shape index (κ3) is 5.09. The number of hydrogen-bond acceptors (Lipinski definition) is 5. The Hall–Kier alpha value is -1.89. The van der Waals surface area contributed by atoms with Gasteiger partial charge in [0.05, 0.1) is 18.2 Å². The Labute approximate surface area is 164 Å². The van der Waals surface area contributed by atoms with Crippen molar-refractivity contribution in [3.8, 4) is 11.3 Å². The van der Waals surface area contributed by atoms with E-state index in [1.54, 1.807) is 6.07 Å². The van der Waals surface area contributed by atoms with Crippen LogP contribution in [0, 0.1) is 5.92 Å². The van der Waals surface area contributed by atoms with Gasteiger partial charge in [-0.25, -0.2) is 4.98 Å². The second-order valence-electron chi connectivity index (χ2n) is 7.15. The average Bonchev–Trinajstić information content (AvgIpc) is 3.15. The molecule has 3 rings (SSSR count). The van der Waals surface area contributed by atoms with E-state index in [2.05, 4.69) is 29.0 Å². The fourth-order valence-electron chi connectivity index (χ4n) is 3.39. The summed E-state index contributed by atoms with van der Waals surface area (Å²) in [5.41, 5.74) is 0.919. The van der Waals surface area contributed by atoms with Crippen LogP contribution < -0.4 is 5.32 Å². The number of benzene rings is 1. The fraction of sp³-hybridized carbons (Fsp3) is 0.500. The van der Waals surface area contributed by atoms with E-state index in [4.69, 9.17) is 20.8 Å². The van der Waals surface area contributed by atoms with Gasteiger partial charge in [0.25, 0.3) is 5.91 Å². The number of rotatable bonds is 7. The van der Waals surface area contributed by atoms with Crippen LogP contribution in [-0.2, 0) is 4.74 Å². The maximum Gasteiger partial charge on any atom is 0.273 e. The average molecular weight is 392 g/mol. The molecule has 1 N–H and O–H groups in total. The topological polar surface area (TPSA) is 67.6 Å². The second-order valence-corrected chi connectivity index (χ2v) is 7.56. The quantitative estimate of drug-likeness (QED) is 0.782. The summed E-state index contributed by atoms with van der Waals surface area (Å²) in [4.78, 5) is 19.3. The molecule has 0 saturated carbocycles. The van der Waals surface area contributed by atoms with Crippen LogP contribution in [0.1, 0.15) is 30.8 Å². The van der Waals surface area contributed by atoms with E-state index in [-0.39, 0.29) is 17.6 Å². The van der Waals surface area contributed by atoms with Crippen molar-refractivity contribution in [2.24, 2.45) is 5.92 Å². The first-order valence-electron chi connectivity index (χ1n) is 9.34. The van der Waals surface area contributed by atoms with Gasteiger partial charge in [-0.2, -0.15) is 0 Å². The first-order chi connectivity index (χ1) is 13.1. The lowest BCUT2D eigenvalue weighted by molar-refractivity contribution is 0.0124. The number of amides is 1. The van der Waals surface area contributed by atoms with Crippen LogP contribution in [0.4, 0.5) is 0 Å². The van der Waals surface area contributed by atoms with Crippen LogP contribution in [-0.4, -0.2) is 54.7 Å². The lowest BCUT2D eigenvalue weighted by atomic mass is 10.0. The van der Waals surface area contributed by atoms with Crippen molar-refractivity contribution in [2.75, 3.05) is 32.8 Å². The first kappa shape index (κ1) is 19.9. The van der Waals surface area contributed by atoms with E-state index >= 15 is 0 Å². The van der Waals surface area contributed by atoms with Crippen LogP contribution in [0.3, 0.4) is 0 Å². The highest BCUT2D eigenvalue weighted by Gasteiger charge is 2.25. The number of ether oxygens (including phenoxy) is 1. The van der Waals surface area contributed by atoms with Crippen molar-refractivity contribution in [3.63, 3.8) is 0 Å². The molecule has 1 fully saturated rings. The summed E-state index contributed by atoms with van der Waals surface area (Å²) < 4.78 is 10.9. The summed E-state index contributed by atoms with van der Waals surface area (Å²) in [7, 11) is 0. The van der Waals surface area contributed by atoms with Gasteiger partial charge in [-0.15, -0.1) is 0 Å². The fourth-order valence-corrected chi connectivity index (χ4v) is 3.61. The van der Waals surface area contributed by atoms with Crippen LogP contribution >= 0.6 is 11.6 Å². The number of nitrogens with zero attached hydrogens (tertiary/aromatic N) is 2. The molecule has 1 unspecified atom stereocenters. The molecule has 2 heterocycles. The normalized spacial score (nSPS) is 16.4. The number of oxazole rings is 1. The van der Waals surface area contributed by atoms with Gasteiger partial charge in [-0.05, 0) is 24.5 Å². The lowest BCUT2D eigenvalue weighted by Gasteiger charge is -2.35. The van der Waals surface area contributed by atoms with Crippen molar-refractivity contribution in [1.82, 2.24) is 15.2 Å². The number of carbonyl (C=O) groups excluding carboxylic acids is 1. The molecule has 1 aromatic heterocycles. The van der Waals surface area contributed by atoms with E-state index < -0.39 is 0 Å². The van der Waals surface area contributed by atoms with Gasteiger partial charge in [-0.1, -0.05) is 37.6 Å². The SMILES string of the molecule is CC(C)CC(CNC(=O)c1ncoc1-c1ccccc1Cl)N1CCOCC1. The molecular formula is C20H26ClN3O3. The zero-order chi connectivity index (χ0) is 19.2. The number of halogens is 1. The Morgan fingerprint density at radius 1 is 1.30 bits per heavy atom. The lowest BCUT2D eigenvalue weighted by Crippen LogP contribution is -2.49. The Balaban J connectivity index is 1.69. The molecule has 146 valence electrons. The summed E-state index contributed by atoms with van der Waals surface area (Å²) in [6.07, 6.45) is 2.29. The predicted molar refractivity (Wildman–Crippen MR) is 105 cm³/mol. The largest absolute Gasteiger partial charge is 0.443 e. The van der Waals surface area contributed by atoms with Crippen molar-refractivity contribution < 1.29 is 13.9 Å². The van der Waals surface area contributed by atoms with Crippen LogP contribution in [0.25, 0.3) is 11.3 Å². The van der Waals surface area contributed by atoms with Gasteiger partial charge in [0.2, 0.25) is 0 Å². The maximum atomic E-state index is 12.8. The van der Waals surface area contributed by atoms with Gasteiger partial charge in [0, 0.05) is 31.2 Å². The molecule has 27 heavy (non-hydrogen) atoms. The Bertz CT molecular complexity index is 756. The second kappa shape index (κ2) is 9.35. The highest BCUT2D eigenvalue weighted by atomic mass is 35.5. The zero-order valence-electron chi connectivity index (χ0n) is 15.8. The molecule has 0 aliphatic carbocycles. The minimum absolute atomic E-state index is 0.249. The maximum absolute atomic E-state index is 12.8. The van der Waals surface area contributed by atoms with Gasteiger partial charge < -0.3 is 14.5 Å². The molecule has 7 heteroatoms. The van der Waals surface area contributed by atoms with Crippen molar-refractivity contribution in [2.45, 2.75) is 26.3 Å². The zero-order valence-corrected chi connectivity index (χ0v) is 16.5. The third-order valence-corrected chi connectivity index (χ3v) is 5.03. The van der Waals surface area contributed by atoms with Gasteiger partial charge >= 0.3 is 0 Å². The number of carbonyl (C=O) groups is 1. The third-order valence-electron chi connectivity index (χ3n) is 4.70. The molecular weight excluding hydrogens is 366 g/mol. The highest BCUT2D eigenvalue weighted by Crippen LogP contribution is 2.29. The monoisotopic (exact) mass is 391 g/mol. The summed E-state index contributed by atoms with van der Waals surface area (Å²) in [5.74, 6) is 0.686. The van der Waals surface area contributed by atoms with Gasteiger partial charge in [0.15, 0.2) is 17.8 Å². The molecule has 1 saturated heterocycles. The van der Waals surface area contributed by atoms with Crippen LogP contribution in [0.15, 0.2) is 35.1 Å². The summed E-state index contributed by atoms with van der Waals surface area (Å²) in [6, 6.07) is 7.53. The molecule has 0 bridgehead atoms. The first-order valence-corrected chi connectivity index (χ1v) is 9.72. The molecule has 1 amide bonds. The van der Waals surface area contributed by atoms with Gasteiger partial charge in [0.1, 0.15) is 0 Å². The van der Waals surface area contributed by atoms with E-state index in [0.29, 0.717) is 28.8 Å². The molecule has 0 radical (unpaired) electrons. The summed E-state index contributed by atoms with van der Waals surface area (Å²) in [5, 5.41) is 3.55. The number of nitrogens with one attached hydrogen (secondary N) is 1. The van der Waals surface area contributed by atoms with Crippen molar-refractivity contribution >= 4 is 17.5 Å². The predicted octanol–water partition coefficient (Wildman–Crippen LogP) is 3.47. The Kier molecular flexibility index (Phi) is 6.88. The minimum atomic E-state index is -0.249. The van der Waals surface area contributed by atoms with E-state index in [1.807, 2.05) is 18.2 Å². The molecule has 1 atom stereocenters. The molecule has 6 nitrogen and oxygen atoms in total. The highest BCUT2D eigenvalue weighted by molar-refractivity contribution is 6.33. The molecule has 0 spiro atoms. The minimum Gasteiger partial charge on any atom is -0.443 e. The molecule has 1 aliphatic heterocycles. The number of hydrogen-bond donors (Lipinski definition) is 1. The van der Waals surface area contributed by atoms with E-state index in [1.165, 1.54) is 6.39 Å². The van der Waals surface area contributed by atoms with Crippen LogP contribution in [0.5, 0.6) is 0 Å². The van der Waals surface area contributed by atoms with E-state index in [0.717, 1.165) is 32.7 Å².